The first-order chi connectivity index (χ1) is 20.0. The molecule has 5 heteroatoms. The maximum absolute atomic E-state index is 12.4. The van der Waals surface area contributed by atoms with Gasteiger partial charge in [-0.3, -0.25) is 4.79 Å². The summed E-state index contributed by atoms with van der Waals surface area (Å²) < 4.78 is 0. The molecular weight excluding hydrogens is 510 g/mol. The van der Waals surface area contributed by atoms with Crippen LogP contribution < -0.4 is 5.73 Å². The summed E-state index contributed by atoms with van der Waals surface area (Å²) >= 11 is 0. The molecule has 0 spiro atoms. The molecule has 0 fully saturated rings. The van der Waals surface area contributed by atoms with Crippen LogP contribution in [0.2, 0.25) is 0 Å². The standard InChI is InChI=1S/C36H73NO4/c1-3-5-7-9-11-13-15-17-18-19-21-23-25-27-29-31-33(39)36(41)34(37)35(40)32(38)30-28-26-24-22-20-16-14-12-10-8-6-4-2/h32,34-36,38,40-41H,3-31,37H2,1-2H3/t32-,34-,35-,36?/m1/s1. The lowest BCUT2D eigenvalue weighted by Crippen LogP contribution is -2.52. The van der Waals surface area contributed by atoms with Crippen molar-refractivity contribution in [3.63, 3.8) is 0 Å². The van der Waals surface area contributed by atoms with E-state index in [1.807, 2.05) is 0 Å². The molecule has 0 rings (SSSR count). The minimum Gasteiger partial charge on any atom is -0.390 e. The minimum atomic E-state index is -1.41. The number of Topliss-reactive ketones (excluding diaryl/α,β-unsaturated/α-hetero) is 1. The summed E-state index contributed by atoms with van der Waals surface area (Å²) in [4.78, 5) is 12.4. The first-order valence-corrected chi connectivity index (χ1v) is 18.3. The second kappa shape index (κ2) is 31.0. The fourth-order valence-electron chi connectivity index (χ4n) is 5.84. The van der Waals surface area contributed by atoms with Crippen molar-refractivity contribution in [3.8, 4) is 0 Å². The highest BCUT2D eigenvalue weighted by molar-refractivity contribution is 5.83. The summed E-state index contributed by atoms with van der Waals surface area (Å²) in [5.74, 6) is -0.316. The van der Waals surface area contributed by atoms with Crippen LogP contribution in [-0.2, 0) is 4.79 Å². The van der Waals surface area contributed by atoms with Crippen LogP contribution in [0.15, 0.2) is 0 Å². The minimum absolute atomic E-state index is 0.286. The van der Waals surface area contributed by atoms with E-state index in [1.54, 1.807) is 0 Å². The molecule has 246 valence electrons. The number of carbonyl (C=O) groups is 1. The smallest absolute Gasteiger partial charge is 0.162 e. The summed E-state index contributed by atoms with van der Waals surface area (Å²) in [6.07, 6.45) is 31.0. The maximum atomic E-state index is 12.4. The van der Waals surface area contributed by atoms with Crippen LogP contribution in [0.4, 0.5) is 0 Å². The Morgan fingerprint density at radius 2 is 0.780 bits per heavy atom. The molecular formula is C36H73NO4. The van der Waals surface area contributed by atoms with Gasteiger partial charge in [0.05, 0.1) is 18.2 Å². The van der Waals surface area contributed by atoms with Crippen molar-refractivity contribution in [2.24, 2.45) is 5.73 Å². The Morgan fingerprint density at radius 1 is 0.488 bits per heavy atom. The highest BCUT2D eigenvalue weighted by Gasteiger charge is 2.32. The maximum Gasteiger partial charge on any atom is 0.162 e. The van der Waals surface area contributed by atoms with Crippen molar-refractivity contribution < 1.29 is 20.1 Å². The van der Waals surface area contributed by atoms with Gasteiger partial charge in [-0.25, -0.2) is 0 Å². The molecule has 0 aliphatic carbocycles. The molecule has 0 saturated heterocycles. The molecule has 5 nitrogen and oxygen atoms in total. The van der Waals surface area contributed by atoms with E-state index in [0.717, 1.165) is 38.5 Å². The Labute approximate surface area is 255 Å². The number of unbranched alkanes of at least 4 members (excludes halogenated alkanes) is 25. The summed E-state index contributed by atoms with van der Waals surface area (Å²) in [6, 6.07) is -1.13. The van der Waals surface area contributed by atoms with Crippen molar-refractivity contribution in [2.45, 2.75) is 224 Å². The Hall–Kier alpha value is -0.490. The van der Waals surface area contributed by atoms with Crippen molar-refractivity contribution >= 4 is 5.78 Å². The molecule has 4 atom stereocenters. The molecule has 0 radical (unpaired) electrons. The van der Waals surface area contributed by atoms with Gasteiger partial charge in [0.2, 0.25) is 0 Å². The zero-order valence-electron chi connectivity index (χ0n) is 27.6. The summed E-state index contributed by atoms with van der Waals surface area (Å²) in [5, 5.41) is 31.1. The molecule has 0 aromatic carbocycles. The lowest BCUT2D eigenvalue weighted by molar-refractivity contribution is -0.131. The lowest BCUT2D eigenvalue weighted by Gasteiger charge is -2.27. The van der Waals surface area contributed by atoms with E-state index in [4.69, 9.17) is 5.73 Å². The predicted molar refractivity (Wildman–Crippen MR) is 176 cm³/mol. The van der Waals surface area contributed by atoms with Gasteiger partial charge in [-0.1, -0.05) is 181 Å². The highest BCUT2D eigenvalue weighted by atomic mass is 16.3. The van der Waals surface area contributed by atoms with Gasteiger partial charge in [0.1, 0.15) is 6.10 Å². The average Bonchev–Trinajstić information content (AvgIpc) is 2.98. The van der Waals surface area contributed by atoms with E-state index >= 15 is 0 Å². The van der Waals surface area contributed by atoms with Crippen LogP contribution in [-0.4, -0.2) is 45.5 Å². The number of aliphatic hydroxyl groups excluding tert-OH is 3. The first-order valence-electron chi connectivity index (χ1n) is 18.3. The fourth-order valence-corrected chi connectivity index (χ4v) is 5.84. The van der Waals surface area contributed by atoms with Crippen LogP contribution in [0.25, 0.3) is 0 Å². The van der Waals surface area contributed by atoms with Crippen molar-refractivity contribution in [3.05, 3.63) is 0 Å². The van der Waals surface area contributed by atoms with E-state index < -0.39 is 24.4 Å². The van der Waals surface area contributed by atoms with Gasteiger partial charge in [-0.15, -0.1) is 0 Å². The van der Waals surface area contributed by atoms with Crippen LogP contribution in [0, 0.1) is 0 Å². The number of ketones is 1. The molecule has 0 aromatic heterocycles. The van der Waals surface area contributed by atoms with Gasteiger partial charge < -0.3 is 21.1 Å². The summed E-state index contributed by atoms with van der Waals surface area (Å²) in [5.41, 5.74) is 5.97. The molecule has 5 N–H and O–H groups in total. The largest absolute Gasteiger partial charge is 0.390 e. The predicted octanol–water partition coefficient (Wildman–Crippen LogP) is 9.32. The van der Waals surface area contributed by atoms with Gasteiger partial charge in [0, 0.05) is 6.42 Å². The van der Waals surface area contributed by atoms with Crippen molar-refractivity contribution in [2.75, 3.05) is 0 Å². The topological polar surface area (TPSA) is 104 Å². The quantitative estimate of drug-likeness (QED) is 0.0576. The third-order valence-electron chi connectivity index (χ3n) is 8.86. The van der Waals surface area contributed by atoms with Gasteiger partial charge in [-0.2, -0.15) is 0 Å². The number of rotatable bonds is 33. The molecule has 41 heavy (non-hydrogen) atoms. The van der Waals surface area contributed by atoms with Crippen LogP contribution in [0.3, 0.4) is 0 Å². The number of aliphatic hydroxyl groups is 3. The zero-order chi connectivity index (χ0) is 30.4. The Bertz CT molecular complexity index is 544. The molecule has 0 aliphatic heterocycles. The number of hydrogen-bond acceptors (Lipinski definition) is 5. The highest BCUT2D eigenvalue weighted by Crippen LogP contribution is 2.17. The molecule has 0 aliphatic rings. The van der Waals surface area contributed by atoms with E-state index in [2.05, 4.69) is 13.8 Å². The monoisotopic (exact) mass is 584 g/mol. The summed E-state index contributed by atoms with van der Waals surface area (Å²) in [6.45, 7) is 4.52. The Morgan fingerprint density at radius 3 is 1.12 bits per heavy atom. The Kier molecular flexibility index (Phi) is 30.6. The third-order valence-corrected chi connectivity index (χ3v) is 8.86. The average molecular weight is 584 g/mol. The van der Waals surface area contributed by atoms with Gasteiger partial charge in [0.15, 0.2) is 5.78 Å². The van der Waals surface area contributed by atoms with Crippen LogP contribution >= 0.6 is 0 Å². The van der Waals surface area contributed by atoms with Gasteiger partial charge in [0.25, 0.3) is 0 Å². The molecule has 0 saturated carbocycles. The van der Waals surface area contributed by atoms with E-state index in [0.29, 0.717) is 6.42 Å². The van der Waals surface area contributed by atoms with Crippen LogP contribution in [0.5, 0.6) is 0 Å². The number of nitrogens with two attached hydrogens (primary N) is 1. The SMILES string of the molecule is CCCCCCCCCCCCCCCCCC(=O)C(O)[C@H](N)[C@H](O)[C@H](O)CCCCCCCCCCCCCC. The van der Waals surface area contributed by atoms with E-state index in [-0.39, 0.29) is 12.2 Å². The molecule has 0 amide bonds. The zero-order valence-corrected chi connectivity index (χ0v) is 27.6. The molecule has 1 unspecified atom stereocenters. The number of hydrogen-bond donors (Lipinski definition) is 4. The summed E-state index contributed by atoms with van der Waals surface area (Å²) in [7, 11) is 0. The third kappa shape index (κ3) is 25.7. The molecule has 0 aromatic rings. The van der Waals surface area contributed by atoms with Gasteiger partial charge in [-0.05, 0) is 12.8 Å². The fraction of sp³-hybridized carbons (Fsp3) is 0.972. The second-order valence-electron chi connectivity index (χ2n) is 12.9. The molecule has 0 bridgehead atoms. The lowest BCUT2D eigenvalue weighted by atomic mass is 9.93. The van der Waals surface area contributed by atoms with Crippen molar-refractivity contribution in [1.29, 1.82) is 0 Å². The number of carbonyl (C=O) groups excluding carboxylic acids is 1. The van der Waals surface area contributed by atoms with E-state index in [1.165, 1.54) is 135 Å². The van der Waals surface area contributed by atoms with Gasteiger partial charge >= 0.3 is 0 Å². The van der Waals surface area contributed by atoms with E-state index in [9.17, 15) is 20.1 Å². The Balaban J connectivity index is 3.68. The normalized spacial score (nSPS) is 14.7. The van der Waals surface area contributed by atoms with Crippen LogP contribution in [0.1, 0.15) is 200 Å². The first kappa shape index (κ1) is 40.5. The molecule has 0 heterocycles. The second-order valence-corrected chi connectivity index (χ2v) is 12.9. The van der Waals surface area contributed by atoms with Crippen molar-refractivity contribution in [1.82, 2.24) is 0 Å².